The highest BCUT2D eigenvalue weighted by molar-refractivity contribution is 7.17. The number of amides is 1. The fraction of sp³-hybridized carbons (Fsp3) is 0.381. The van der Waals surface area contributed by atoms with Gasteiger partial charge in [-0.2, -0.15) is 0 Å². The molecule has 0 aliphatic heterocycles. The Labute approximate surface area is 162 Å². The number of rotatable bonds is 6. The van der Waals surface area contributed by atoms with Gasteiger partial charge >= 0.3 is 0 Å². The molecular formula is C21H23N3O2S. The molecule has 0 radical (unpaired) electrons. The molecule has 1 aromatic carbocycles. The molecule has 1 fully saturated rings. The lowest BCUT2D eigenvalue weighted by molar-refractivity contribution is -0.123. The smallest absolute Gasteiger partial charge is 0.258 e. The molecule has 140 valence electrons. The van der Waals surface area contributed by atoms with Crippen molar-refractivity contribution in [1.82, 2.24) is 15.3 Å². The Balaban J connectivity index is 1.44. The minimum absolute atomic E-state index is 0.0249. The summed E-state index contributed by atoms with van der Waals surface area (Å²) in [6.45, 7) is 0.720. The van der Waals surface area contributed by atoms with E-state index in [4.69, 9.17) is 4.74 Å². The first kappa shape index (κ1) is 17.9. The molecule has 2 aromatic heterocycles. The van der Waals surface area contributed by atoms with E-state index in [0.717, 1.165) is 27.9 Å². The lowest BCUT2D eigenvalue weighted by atomic mass is 9.89. The molecule has 1 aliphatic rings. The summed E-state index contributed by atoms with van der Waals surface area (Å²) in [5.74, 6) is 0.978. The van der Waals surface area contributed by atoms with Crippen LogP contribution in [-0.2, 0) is 4.79 Å². The first-order valence-corrected chi connectivity index (χ1v) is 10.4. The molecule has 2 heterocycles. The zero-order chi connectivity index (χ0) is 18.5. The average Bonchev–Trinajstić information content (AvgIpc) is 3.17. The second-order valence-corrected chi connectivity index (χ2v) is 7.83. The number of nitrogens with one attached hydrogen (secondary N) is 1. The molecule has 0 spiro atoms. The predicted octanol–water partition coefficient (Wildman–Crippen LogP) is 4.43. The van der Waals surface area contributed by atoms with E-state index < -0.39 is 0 Å². The van der Waals surface area contributed by atoms with Gasteiger partial charge in [-0.15, -0.1) is 11.3 Å². The number of ether oxygens (including phenoxy) is 1. The number of hydrogen-bond acceptors (Lipinski definition) is 5. The molecule has 1 amide bonds. The maximum absolute atomic E-state index is 12.2. The van der Waals surface area contributed by atoms with Crippen LogP contribution in [0.3, 0.4) is 0 Å². The summed E-state index contributed by atoms with van der Waals surface area (Å²) >= 11 is 1.55. The topological polar surface area (TPSA) is 64.1 Å². The normalized spacial score (nSPS) is 15.0. The number of fused-ring (bicyclic) bond motifs is 1. The van der Waals surface area contributed by atoms with Crippen molar-refractivity contribution in [1.29, 1.82) is 0 Å². The maximum atomic E-state index is 12.2. The molecule has 4 rings (SSSR count). The molecule has 1 saturated carbocycles. The lowest BCUT2D eigenvalue weighted by Gasteiger charge is -2.21. The van der Waals surface area contributed by atoms with E-state index >= 15 is 0 Å². The predicted molar refractivity (Wildman–Crippen MR) is 108 cm³/mol. The van der Waals surface area contributed by atoms with Crippen LogP contribution in [0.2, 0.25) is 0 Å². The van der Waals surface area contributed by atoms with Crippen molar-refractivity contribution in [2.24, 2.45) is 5.92 Å². The van der Waals surface area contributed by atoms with Crippen LogP contribution in [0.1, 0.15) is 32.1 Å². The molecule has 0 unspecified atom stereocenters. The van der Waals surface area contributed by atoms with Crippen LogP contribution in [0.5, 0.6) is 5.88 Å². The van der Waals surface area contributed by atoms with E-state index in [2.05, 4.69) is 32.8 Å². The Morgan fingerprint density at radius 3 is 2.78 bits per heavy atom. The highest BCUT2D eigenvalue weighted by Crippen LogP contribution is 2.37. The third-order valence-corrected chi connectivity index (χ3v) is 5.96. The van der Waals surface area contributed by atoms with Crippen LogP contribution in [-0.4, -0.2) is 29.0 Å². The first-order chi connectivity index (χ1) is 13.3. The number of carbonyl (C=O) groups excluding carboxylic acids is 1. The van der Waals surface area contributed by atoms with Crippen molar-refractivity contribution < 1.29 is 9.53 Å². The Morgan fingerprint density at radius 2 is 1.96 bits per heavy atom. The quantitative estimate of drug-likeness (QED) is 0.686. The molecule has 0 saturated heterocycles. The Hall–Kier alpha value is -2.47. The van der Waals surface area contributed by atoms with Crippen LogP contribution in [0, 0.1) is 5.92 Å². The highest BCUT2D eigenvalue weighted by Gasteiger charge is 2.17. The van der Waals surface area contributed by atoms with Gasteiger partial charge in [0.15, 0.2) is 6.61 Å². The second kappa shape index (κ2) is 8.48. The molecule has 1 N–H and O–H groups in total. The molecule has 6 heteroatoms. The van der Waals surface area contributed by atoms with Crippen LogP contribution in [0.4, 0.5) is 0 Å². The van der Waals surface area contributed by atoms with Gasteiger partial charge in [0.25, 0.3) is 5.91 Å². The molecule has 27 heavy (non-hydrogen) atoms. The van der Waals surface area contributed by atoms with Gasteiger partial charge in [0, 0.05) is 17.5 Å². The summed E-state index contributed by atoms with van der Waals surface area (Å²) in [5.41, 5.74) is 2.12. The van der Waals surface area contributed by atoms with Gasteiger partial charge in [-0.05, 0) is 24.3 Å². The van der Waals surface area contributed by atoms with Crippen LogP contribution >= 0.6 is 11.3 Å². The number of thiophene rings is 1. The van der Waals surface area contributed by atoms with Crippen molar-refractivity contribution in [2.45, 2.75) is 32.1 Å². The molecular weight excluding hydrogens is 358 g/mol. The van der Waals surface area contributed by atoms with E-state index in [1.54, 1.807) is 11.3 Å². The van der Waals surface area contributed by atoms with Gasteiger partial charge in [0.1, 0.15) is 11.2 Å². The standard InChI is InChI=1S/C21H23N3O2S/c25-18(22-11-15-7-3-1-4-8-15)12-26-20-19-17(16-9-5-2-6-10-16)13-27-21(19)24-14-23-20/h2,5-6,9-10,13-15H,1,3-4,7-8,11-12H2,(H,22,25). The fourth-order valence-corrected chi connectivity index (χ4v) is 4.53. The van der Waals surface area contributed by atoms with Crippen LogP contribution < -0.4 is 10.1 Å². The lowest BCUT2D eigenvalue weighted by Crippen LogP contribution is -2.33. The summed E-state index contributed by atoms with van der Waals surface area (Å²) < 4.78 is 5.78. The van der Waals surface area contributed by atoms with Crippen LogP contribution in [0.15, 0.2) is 42.0 Å². The minimum Gasteiger partial charge on any atom is -0.467 e. The van der Waals surface area contributed by atoms with E-state index in [1.165, 1.54) is 38.4 Å². The Bertz CT molecular complexity index is 904. The minimum atomic E-state index is -0.0937. The van der Waals surface area contributed by atoms with E-state index in [0.29, 0.717) is 11.8 Å². The zero-order valence-electron chi connectivity index (χ0n) is 15.2. The monoisotopic (exact) mass is 381 g/mol. The molecule has 1 aliphatic carbocycles. The van der Waals surface area contributed by atoms with E-state index in [9.17, 15) is 4.79 Å². The van der Waals surface area contributed by atoms with Gasteiger partial charge < -0.3 is 10.1 Å². The third kappa shape index (κ3) is 4.27. The molecule has 0 bridgehead atoms. The summed E-state index contributed by atoms with van der Waals surface area (Å²) in [6, 6.07) is 10.1. The van der Waals surface area contributed by atoms with E-state index in [-0.39, 0.29) is 12.5 Å². The fourth-order valence-electron chi connectivity index (χ4n) is 3.62. The average molecular weight is 382 g/mol. The SMILES string of the molecule is O=C(COc1ncnc2scc(-c3ccccc3)c12)NCC1CCCCC1. The van der Waals surface area contributed by atoms with E-state index in [1.807, 2.05) is 18.2 Å². The second-order valence-electron chi connectivity index (χ2n) is 6.97. The first-order valence-electron chi connectivity index (χ1n) is 9.48. The van der Waals surface area contributed by atoms with Gasteiger partial charge in [-0.1, -0.05) is 49.6 Å². The third-order valence-electron chi connectivity index (χ3n) is 5.07. The number of carbonyl (C=O) groups is 1. The summed E-state index contributed by atoms with van der Waals surface area (Å²) in [5, 5.41) is 5.94. The van der Waals surface area contributed by atoms with Crippen molar-refractivity contribution in [3.63, 3.8) is 0 Å². The summed E-state index contributed by atoms with van der Waals surface area (Å²) in [7, 11) is 0. The largest absolute Gasteiger partial charge is 0.467 e. The van der Waals surface area contributed by atoms with Crippen LogP contribution in [0.25, 0.3) is 21.3 Å². The van der Waals surface area contributed by atoms with Crippen molar-refractivity contribution in [2.75, 3.05) is 13.2 Å². The van der Waals surface area contributed by atoms with Gasteiger partial charge in [-0.25, -0.2) is 9.97 Å². The number of hydrogen-bond donors (Lipinski definition) is 1. The summed E-state index contributed by atoms with van der Waals surface area (Å²) in [6.07, 6.45) is 7.78. The van der Waals surface area contributed by atoms with Gasteiger partial charge in [0.05, 0.1) is 5.39 Å². The Kier molecular flexibility index (Phi) is 5.63. The van der Waals surface area contributed by atoms with Crippen molar-refractivity contribution in [3.05, 3.63) is 42.0 Å². The molecule has 3 aromatic rings. The Morgan fingerprint density at radius 1 is 1.15 bits per heavy atom. The molecule has 5 nitrogen and oxygen atoms in total. The van der Waals surface area contributed by atoms with Crippen molar-refractivity contribution in [3.8, 4) is 17.0 Å². The van der Waals surface area contributed by atoms with Gasteiger partial charge in [0.2, 0.25) is 5.88 Å². The van der Waals surface area contributed by atoms with Crippen molar-refractivity contribution >= 4 is 27.5 Å². The summed E-state index contributed by atoms with van der Waals surface area (Å²) in [4.78, 5) is 21.7. The number of aromatic nitrogens is 2. The number of benzene rings is 1. The maximum Gasteiger partial charge on any atom is 0.258 e. The highest BCUT2D eigenvalue weighted by atomic mass is 32.1. The zero-order valence-corrected chi connectivity index (χ0v) is 16.0. The van der Waals surface area contributed by atoms with Gasteiger partial charge in [-0.3, -0.25) is 4.79 Å². The molecule has 0 atom stereocenters. The number of nitrogens with zero attached hydrogens (tertiary/aromatic N) is 2.